The van der Waals surface area contributed by atoms with E-state index in [0.29, 0.717) is 18.2 Å². The van der Waals surface area contributed by atoms with E-state index in [0.717, 1.165) is 11.0 Å². The Morgan fingerprint density at radius 3 is 2.88 bits per heavy atom. The second kappa shape index (κ2) is 4.45. The number of aryl methyl sites for hydroxylation is 1. The lowest BCUT2D eigenvalue weighted by molar-refractivity contribution is 0.0516. The molecule has 2 aromatic heterocycles. The van der Waals surface area contributed by atoms with Crippen molar-refractivity contribution in [2.45, 2.75) is 6.92 Å². The number of esters is 1. The molecule has 0 unspecified atom stereocenters. The zero-order chi connectivity index (χ0) is 12.4. The molecule has 2 aromatic rings. The maximum atomic E-state index is 11.7. The number of methoxy groups -OCH3 is 1. The Kier molecular flexibility index (Phi) is 2.99. The Bertz CT molecular complexity index is 560. The van der Waals surface area contributed by atoms with Gasteiger partial charge in [0.15, 0.2) is 0 Å². The number of pyridine rings is 1. The number of ether oxygens (including phenoxy) is 2. The maximum absolute atomic E-state index is 11.7. The van der Waals surface area contributed by atoms with Crippen molar-refractivity contribution in [1.29, 1.82) is 0 Å². The Morgan fingerprint density at radius 2 is 2.24 bits per heavy atom. The molecule has 0 fully saturated rings. The van der Waals surface area contributed by atoms with E-state index in [1.165, 1.54) is 0 Å². The molecular formula is C12H14N2O3. The van der Waals surface area contributed by atoms with Gasteiger partial charge in [0, 0.05) is 13.1 Å². The normalized spacial score (nSPS) is 10.5. The van der Waals surface area contributed by atoms with Gasteiger partial charge in [0.05, 0.1) is 24.8 Å². The van der Waals surface area contributed by atoms with Crippen molar-refractivity contribution in [3.05, 3.63) is 23.9 Å². The number of hydrogen-bond donors (Lipinski definition) is 0. The summed E-state index contributed by atoms with van der Waals surface area (Å²) in [6, 6.07) is 5.33. The third kappa shape index (κ3) is 1.95. The molecule has 0 saturated heterocycles. The molecule has 0 N–H and O–H groups in total. The summed E-state index contributed by atoms with van der Waals surface area (Å²) < 4.78 is 11.8. The molecule has 0 aliphatic heterocycles. The first-order valence-corrected chi connectivity index (χ1v) is 5.35. The number of aromatic nitrogens is 2. The fraction of sp³-hybridized carbons (Fsp3) is 0.333. The minimum absolute atomic E-state index is 0.341. The van der Waals surface area contributed by atoms with E-state index in [9.17, 15) is 4.79 Å². The SMILES string of the molecule is CCOC(=O)c1cc2nc(OC)ccc2n1C. The van der Waals surface area contributed by atoms with E-state index in [1.807, 2.05) is 13.1 Å². The maximum Gasteiger partial charge on any atom is 0.355 e. The number of rotatable bonds is 3. The van der Waals surface area contributed by atoms with Gasteiger partial charge >= 0.3 is 5.97 Å². The zero-order valence-corrected chi connectivity index (χ0v) is 10.1. The van der Waals surface area contributed by atoms with Crippen molar-refractivity contribution in [2.75, 3.05) is 13.7 Å². The van der Waals surface area contributed by atoms with Gasteiger partial charge in [-0.3, -0.25) is 0 Å². The Hall–Kier alpha value is -2.04. The summed E-state index contributed by atoms with van der Waals surface area (Å²) in [5.74, 6) is 0.186. The van der Waals surface area contributed by atoms with E-state index in [4.69, 9.17) is 9.47 Å². The van der Waals surface area contributed by atoms with Crippen LogP contribution >= 0.6 is 0 Å². The Morgan fingerprint density at radius 1 is 1.47 bits per heavy atom. The van der Waals surface area contributed by atoms with E-state index in [-0.39, 0.29) is 5.97 Å². The fourth-order valence-corrected chi connectivity index (χ4v) is 1.71. The van der Waals surface area contributed by atoms with Gasteiger partial charge in [-0.15, -0.1) is 0 Å². The van der Waals surface area contributed by atoms with Gasteiger partial charge in [-0.2, -0.15) is 0 Å². The molecule has 0 aromatic carbocycles. The number of hydrogen-bond acceptors (Lipinski definition) is 4. The predicted octanol–water partition coefficient (Wildman–Crippen LogP) is 1.76. The first-order chi connectivity index (χ1) is 8.17. The van der Waals surface area contributed by atoms with Crippen LogP contribution in [-0.2, 0) is 11.8 Å². The lowest BCUT2D eigenvalue weighted by atomic mass is 10.3. The molecule has 17 heavy (non-hydrogen) atoms. The van der Waals surface area contributed by atoms with Crippen molar-refractivity contribution >= 4 is 17.0 Å². The summed E-state index contributed by atoms with van der Waals surface area (Å²) in [6.07, 6.45) is 0. The largest absolute Gasteiger partial charge is 0.481 e. The molecule has 5 heteroatoms. The smallest absolute Gasteiger partial charge is 0.355 e. The molecule has 2 rings (SSSR count). The van der Waals surface area contributed by atoms with Crippen LogP contribution in [0.15, 0.2) is 18.2 Å². The van der Waals surface area contributed by atoms with E-state index in [2.05, 4.69) is 4.98 Å². The highest BCUT2D eigenvalue weighted by atomic mass is 16.5. The third-order valence-corrected chi connectivity index (χ3v) is 2.57. The number of carbonyl (C=O) groups is 1. The lowest BCUT2D eigenvalue weighted by Gasteiger charge is -2.03. The van der Waals surface area contributed by atoms with E-state index < -0.39 is 0 Å². The van der Waals surface area contributed by atoms with Crippen LogP contribution in [0.1, 0.15) is 17.4 Å². The highest BCUT2D eigenvalue weighted by molar-refractivity contribution is 5.94. The van der Waals surface area contributed by atoms with Gasteiger partial charge in [0.1, 0.15) is 5.69 Å². The zero-order valence-electron chi connectivity index (χ0n) is 10.1. The summed E-state index contributed by atoms with van der Waals surface area (Å²) in [4.78, 5) is 16.0. The van der Waals surface area contributed by atoms with Crippen LogP contribution in [0.3, 0.4) is 0 Å². The van der Waals surface area contributed by atoms with Crippen molar-refractivity contribution in [1.82, 2.24) is 9.55 Å². The number of carbonyl (C=O) groups excluding carboxylic acids is 1. The highest BCUT2D eigenvalue weighted by Crippen LogP contribution is 2.20. The molecule has 0 radical (unpaired) electrons. The molecule has 0 amide bonds. The van der Waals surface area contributed by atoms with E-state index >= 15 is 0 Å². The Balaban J connectivity index is 2.52. The minimum Gasteiger partial charge on any atom is -0.481 e. The molecule has 2 heterocycles. The van der Waals surface area contributed by atoms with Crippen molar-refractivity contribution < 1.29 is 14.3 Å². The molecule has 0 bridgehead atoms. The second-order valence-corrected chi connectivity index (χ2v) is 3.57. The van der Waals surface area contributed by atoms with Gasteiger partial charge < -0.3 is 14.0 Å². The molecule has 90 valence electrons. The summed E-state index contributed by atoms with van der Waals surface area (Å²) in [7, 11) is 3.37. The number of nitrogens with zero attached hydrogens (tertiary/aromatic N) is 2. The minimum atomic E-state index is -0.341. The van der Waals surface area contributed by atoms with Crippen molar-refractivity contribution in [3.8, 4) is 5.88 Å². The summed E-state index contributed by atoms with van der Waals surface area (Å²) in [5, 5.41) is 0. The van der Waals surface area contributed by atoms with Crippen LogP contribution in [0.2, 0.25) is 0 Å². The van der Waals surface area contributed by atoms with Gasteiger partial charge in [0.25, 0.3) is 0 Å². The average molecular weight is 234 g/mol. The molecule has 0 atom stereocenters. The average Bonchev–Trinajstić information content (AvgIpc) is 2.66. The van der Waals surface area contributed by atoms with Crippen LogP contribution in [0.5, 0.6) is 5.88 Å². The van der Waals surface area contributed by atoms with Crippen molar-refractivity contribution in [3.63, 3.8) is 0 Å². The van der Waals surface area contributed by atoms with Gasteiger partial charge in [0.2, 0.25) is 5.88 Å². The molecule has 0 saturated carbocycles. The molecule has 0 aliphatic carbocycles. The van der Waals surface area contributed by atoms with Crippen LogP contribution in [0.25, 0.3) is 11.0 Å². The standard InChI is InChI=1S/C12H14N2O3/c1-4-17-12(15)10-7-8-9(14(10)2)5-6-11(13-8)16-3/h5-7H,4H2,1-3H3. The summed E-state index contributed by atoms with van der Waals surface area (Å²) in [6.45, 7) is 2.14. The van der Waals surface area contributed by atoms with Crippen LogP contribution in [0.4, 0.5) is 0 Å². The molecular weight excluding hydrogens is 220 g/mol. The Labute approximate surface area is 99.0 Å². The molecule has 0 aliphatic rings. The van der Waals surface area contributed by atoms with Gasteiger partial charge in [-0.25, -0.2) is 9.78 Å². The van der Waals surface area contributed by atoms with Gasteiger partial charge in [-0.05, 0) is 19.1 Å². The number of fused-ring (bicyclic) bond motifs is 1. The summed E-state index contributed by atoms with van der Waals surface area (Å²) >= 11 is 0. The van der Waals surface area contributed by atoms with Crippen LogP contribution in [0, 0.1) is 0 Å². The monoisotopic (exact) mass is 234 g/mol. The summed E-state index contributed by atoms with van der Waals surface area (Å²) in [5.41, 5.74) is 2.08. The molecule has 0 spiro atoms. The quantitative estimate of drug-likeness (QED) is 0.759. The topological polar surface area (TPSA) is 53.4 Å². The first kappa shape index (κ1) is 11.4. The third-order valence-electron chi connectivity index (χ3n) is 2.57. The van der Waals surface area contributed by atoms with Crippen LogP contribution in [-0.4, -0.2) is 29.2 Å². The predicted molar refractivity (Wildman–Crippen MR) is 63.2 cm³/mol. The second-order valence-electron chi connectivity index (χ2n) is 3.57. The highest BCUT2D eigenvalue weighted by Gasteiger charge is 2.15. The fourth-order valence-electron chi connectivity index (χ4n) is 1.71. The van der Waals surface area contributed by atoms with Crippen LogP contribution < -0.4 is 4.74 Å². The first-order valence-electron chi connectivity index (χ1n) is 5.35. The van der Waals surface area contributed by atoms with Crippen molar-refractivity contribution in [2.24, 2.45) is 7.05 Å². The molecule has 5 nitrogen and oxygen atoms in total. The van der Waals surface area contributed by atoms with E-state index in [1.54, 1.807) is 30.7 Å². The lowest BCUT2D eigenvalue weighted by Crippen LogP contribution is -2.09. The van der Waals surface area contributed by atoms with Gasteiger partial charge in [-0.1, -0.05) is 0 Å².